The van der Waals surface area contributed by atoms with Crippen molar-refractivity contribution in [2.45, 2.75) is 11.8 Å². The Morgan fingerprint density at radius 1 is 0.962 bits per heavy atom. The summed E-state index contributed by atoms with van der Waals surface area (Å²) in [6.07, 6.45) is 0. The maximum Gasteiger partial charge on any atom is 0.261 e. The molecule has 0 radical (unpaired) electrons. The molecule has 0 amide bonds. The van der Waals surface area contributed by atoms with Crippen LogP contribution in [-0.2, 0) is 10.0 Å². The van der Waals surface area contributed by atoms with E-state index in [1.54, 1.807) is 12.1 Å². The van der Waals surface area contributed by atoms with Gasteiger partial charge in [-0.15, -0.1) is 0 Å². The highest BCUT2D eigenvalue weighted by atomic mass is 35.5. The maximum atomic E-state index is 12.5. The first kappa shape index (κ1) is 19.3. The molecule has 1 aliphatic heterocycles. The summed E-state index contributed by atoms with van der Waals surface area (Å²) in [5.74, 6) is 0. The van der Waals surface area contributed by atoms with E-state index in [2.05, 4.69) is 21.4 Å². The van der Waals surface area contributed by atoms with Crippen molar-refractivity contribution in [3.05, 3.63) is 52.5 Å². The van der Waals surface area contributed by atoms with Crippen molar-refractivity contribution in [2.75, 3.05) is 42.3 Å². The summed E-state index contributed by atoms with van der Waals surface area (Å²) < 4.78 is 27.6. The molecule has 1 N–H and O–H groups in total. The topological polar surface area (TPSA) is 52.6 Å². The number of nitrogens with one attached hydrogen (secondary N) is 1. The van der Waals surface area contributed by atoms with E-state index < -0.39 is 10.0 Å². The lowest BCUT2D eigenvalue weighted by Crippen LogP contribution is -2.46. The zero-order valence-electron chi connectivity index (χ0n) is 14.5. The second-order valence-electron chi connectivity index (χ2n) is 6.15. The minimum atomic E-state index is -3.71. The highest BCUT2D eigenvalue weighted by Gasteiger charge is 2.18. The van der Waals surface area contributed by atoms with E-state index in [-0.39, 0.29) is 9.92 Å². The minimum absolute atomic E-state index is 0.0756. The highest BCUT2D eigenvalue weighted by Crippen LogP contribution is 2.26. The molecule has 1 heterocycles. The lowest BCUT2D eigenvalue weighted by atomic mass is 10.2. The quantitative estimate of drug-likeness (QED) is 0.806. The average molecular weight is 414 g/mol. The van der Waals surface area contributed by atoms with E-state index in [4.69, 9.17) is 23.2 Å². The Morgan fingerprint density at radius 2 is 1.62 bits per heavy atom. The number of sulfonamides is 1. The first-order chi connectivity index (χ1) is 12.4. The van der Waals surface area contributed by atoms with Crippen LogP contribution in [0.25, 0.3) is 0 Å². The molecule has 2 aromatic rings. The number of rotatable bonds is 5. The summed E-state index contributed by atoms with van der Waals surface area (Å²) in [6, 6.07) is 11.7. The molecule has 140 valence electrons. The third-order valence-corrected chi connectivity index (χ3v) is 6.62. The van der Waals surface area contributed by atoms with Crippen LogP contribution < -0.4 is 9.62 Å². The minimum Gasteiger partial charge on any atom is -0.369 e. The summed E-state index contributed by atoms with van der Waals surface area (Å²) in [6.45, 7) is 7.28. The SMILES string of the molecule is CCN1CCN(c2ccc(NS(=O)(=O)c3ccc(Cl)c(Cl)c3)cc2)CC1. The second-order valence-corrected chi connectivity index (χ2v) is 8.65. The van der Waals surface area contributed by atoms with Crippen molar-refractivity contribution in [3.8, 4) is 0 Å². The zero-order valence-corrected chi connectivity index (χ0v) is 16.8. The number of piperazine rings is 1. The van der Waals surface area contributed by atoms with E-state index >= 15 is 0 Å². The average Bonchev–Trinajstić information content (AvgIpc) is 2.64. The summed E-state index contributed by atoms with van der Waals surface area (Å²) in [4.78, 5) is 4.80. The normalized spacial score (nSPS) is 15.9. The van der Waals surface area contributed by atoms with Gasteiger partial charge in [0.15, 0.2) is 0 Å². The van der Waals surface area contributed by atoms with Crippen molar-refractivity contribution < 1.29 is 8.42 Å². The molecule has 0 unspecified atom stereocenters. The third-order valence-electron chi connectivity index (χ3n) is 4.51. The Morgan fingerprint density at radius 3 is 2.19 bits per heavy atom. The van der Waals surface area contributed by atoms with Gasteiger partial charge in [-0.2, -0.15) is 0 Å². The van der Waals surface area contributed by atoms with Crippen LogP contribution in [0.15, 0.2) is 47.4 Å². The Bertz CT molecular complexity index is 865. The fourth-order valence-electron chi connectivity index (χ4n) is 2.92. The lowest BCUT2D eigenvalue weighted by Gasteiger charge is -2.35. The zero-order chi connectivity index (χ0) is 18.7. The summed E-state index contributed by atoms with van der Waals surface area (Å²) in [5, 5.41) is 0.522. The second kappa shape index (κ2) is 8.05. The van der Waals surface area contributed by atoms with Gasteiger partial charge in [-0.3, -0.25) is 4.72 Å². The fourth-order valence-corrected chi connectivity index (χ4v) is 4.37. The monoisotopic (exact) mass is 413 g/mol. The van der Waals surface area contributed by atoms with Gasteiger partial charge in [0.1, 0.15) is 0 Å². The van der Waals surface area contributed by atoms with Gasteiger partial charge >= 0.3 is 0 Å². The van der Waals surface area contributed by atoms with Gasteiger partial charge in [-0.05, 0) is 49.0 Å². The fraction of sp³-hybridized carbons (Fsp3) is 0.333. The molecule has 0 saturated carbocycles. The number of halogens is 2. The van der Waals surface area contributed by atoms with E-state index in [0.29, 0.717) is 10.7 Å². The summed E-state index contributed by atoms with van der Waals surface area (Å²) in [5.41, 5.74) is 1.60. The molecule has 1 aliphatic rings. The molecule has 1 fully saturated rings. The predicted octanol–water partition coefficient (Wildman–Crippen LogP) is 3.94. The van der Waals surface area contributed by atoms with Gasteiger partial charge in [-0.1, -0.05) is 30.1 Å². The molecule has 0 aliphatic carbocycles. The third kappa shape index (κ3) is 4.43. The Balaban J connectivity index is 1.70. The van der Waals surface area contributed by atoms with Gasteiger partial charge in [0.25, 0.3) is 10.0 Å². The van der Waals surface area contributed by atoms with Crippen LogP contribution in [0.3, 0.4) is 0 Å². The van der Waals surface area contributed by atoms with Crippen LogP contribution in [0, 0.1) is 0 Å². The van der Waals surface area contributed by atoms with Crippen LogP contribution in [0.4, 0.5) is 11.4 Å². The van der Waals surface area contributed by atoms with Crippen molar-refractivity contribution in [1.29, 1.82) is 0 Å². The van der Waals surface area contributed by atoms with Crippen LogP contribution in [-0.4, -0.2) is 46.0 Å². The number of likely N-dealkylation sites (N-methyl/N-ethyl adjacent to an activating group) is 1. The first-order valence-electron chi connectivity index (χ1n) is 8.44. The molecular weight excluding hydrogens is 393 g/mol. The standard InChI is InChI=1S/C18H21Cl2N3O2S/c1-2-22-9-11-23(12-10-22)15-5-3-14(4-6-15)21-26(24,25)16-7-8-17(19)18(20)13-16/h3-8,13,21H,2,9-12H2,1H3. The summed E-state index contributed by atoms with van der Waals surface area (Å²) in [7, 11) is -3.71. The predicted molar refractivity (Wildman–Crippen MR) is 108 cm³/mol. The van der Waals surface area contributed by atoms with Crippen molar-refractivity contribution in [3.63, 3.8) is 0 Å². The molecule has 2 aromatic carbocycles. The molecular formula is C18H21Cl2N3O2S. The molecule has 3 rings (SSSR count). The van der Waals surface area contributed by atoms with Crippen molar-refractivity contribution in [1.82, 2.24) is 4.90 Å². The molecule has 1 saturated heterocycles. The molecule has 0 bridgehead atoms. The van der Waals surface area contributed by atoms with Crippen LogP contribution in [0.2, 0.25) is 10.0 Å². The van der Waals surface area contributed by atoms with Gasteiger partial charge in [0, 0.05) is 37.6 Å². The van der Waals surface area contributed by atoms with Crippen LogP contribution in [0.5, 0.6) is 0 Å². The van der Waals surface area contributed by atoms with E-state index in [1.165, 1.54) is 18.2 Å². The maximum absolute atomic E-state index is 12.5. The molecule has 0 aromatic heterocycles. The van der Waals surface area contributed by atoms with Crippen molar-refractivity contribution >= 4 is 44.6 Å². The molecule has 8 heteroatoms. The highest BCUT2D eigenvalue weighted by molar-refractivity contribution is 7.92. The molecule has 26 heavy (non-hydrogen) atoms. The van der Waals surface area contributed by atoms with Crippen LogP contribution >= 0.6 is 23.2 Å². The van der Waals surface area contributed by atoms with E-state index in [9.17, 15) is 8.42 Å². The summed E-state index contributed by atoms with van der Waals surface area (Å²) >= 11 is 11.8. The Labute approximate surface area is 164 Å². The lowest BCUT2D eigenvalue weighted by molar-refractivity contribution is 0.271. The van der Waals surface area contributed by atoms with Gasteiger partial charge in [0.2, 0.25) is 0 Å². The molecule has 5 nitrogen and oxygen atoms in total. The van der Waals surface area contributed by atoms with E-state index in [1.807, 2.05) is 12.1 Å². The number of hydrogen-bond donors (Lipinski definition) is 1. The number of hydrogen-bond acceptors (Lipinski definition) is 4. The molecule has 0 spiro atoms. The van der Waals surface area contributed by atoms with Gasteiger partial charge < -0.3 is 9.80 Å². The number of benzene rings is 2. The smallest absolute Gasteiger partial charge is 0.261 e. The number of nitrogens with zero attached hydrogens (tertiary/aromatic N) is 2. The first-order valence-corrected chi connectivity index (χ1v) is 10.7. The molecule has 0 atom stereocenters. The Kier molecular flexibility index (Phi) is 5.97. The van der Waals surface area contributed by atoms with Crippen molar-refractivity contribution in [2.24, 2.45) is 0 Å². The Hall–Kier alpha value is -1.47. The largest absolute Gasteiger partial charge is 0.369 e. The van der Waals surface area contributed by atoms with Gasteiger partial charge in [-0.25, -0.2) is 8.42 Å². The van der Waals surface area contributed by atoms with E-state index in [0.717, 1.165) is 38.4 Å². The van der Waals surface area contributed by atoms with Gasteiger partial charge in [0.05, 0.1) is 14.9 Å². The number of anilines is 2. The van der Waals surface area contributed by atoms with Crippen LogP contribution in [0.1, 0.15) is 6.92 Å².